The van der Waals surface area contributed by atoms with Crippen molar-refractivity contribution in [2.45, 2.75) is 26.8 Å². The van der Waals surface area contributed by atoms with Gasteiger partial charge in [0.1, 0.15) is 0 Å². The number of nitrogens with zero attached hydrogens (tertiary/aromatic N) is 1. The summed E-state index contributed by atoms with van der Waals surface area (Å²) in [5.41, 5.74) is 5.40. The molecule has 90 valence electrons. The van der Waals surface area contributed by atoms with Gasteiger partial charge in [0.15, 0.2) is 0 Å². The van der Waals surface area contributed by atoms with Crippen molar-refractivity contribution in [3.63, 3.8) is 0 Å². The fourth-order valence-electron chi connectivity index (χ4n) is 1.65. The van der Waals surface area contributed by atoms with Crippen LogP contribution >= 0.6 is 11.3 Å². The number of hydrogen-bond acceptors (Lipinski definition) is 3. The van der Waals surface area contributed by atoms with Gasteiger partial charge in [0, 0.05) is 30.9 Å². The van der Waals surface area contributed by atoms with Crippen LogP contribution in [0.3, 0.4) is 0 Å². The van der Waals surface area contributed by atoms with Gasteiger partial charge in [-0.1, -0.05) is 19.9 Å². The monoisotopic (exact) mass is 239 g/mol. The van der Waals surface area contributed by atoms with Crippen molar-refractivity contribution in [1.29, 1.82) is 5.41 Å². The molecule has 0 aliphatic carbocycles. The van der Waals surface area contributed by atoms with Gasteiger partial charge in [0.25, 0.3) is 0 Å². The Balaban J connectivity index is 2.46. The lowest BCUT2D eigenvalue weighted by Gasteiger charge is -2.23. The molecule has 1 heterocycles. The highest BCUT2D eigenvalue weighted by Gasteiger charge is 2.09. The normalized spacial score (nSPS) is 11.2. The van der Waals surface area contributed by atoms with E-state index in [1.54, 1.807) is 11.3 Å². The maximum absolute atomic E-state index is 7.27. The first-order valence-electron chi connectivity index (χ1n) is 5.65. The fourth-order valence-corrected chi connectivity index (χ4v) is 2.40. The number of thiophene rings is 1. The molecule has 0 amide bonds. The number of nitrogens with one attached hydrogen (secondary N) is 1. The quantitative estimate of drug-likeness (QED) is 0.567. The molecule has 16 heavy (non-hydrogen) atoms. The molecular weight excluding hydrogens is 218 g/mol. The zero-order chi connectivity index (χ0) is 12.0. The van der Waals surface area contributed by atoms with Crippen LogP contribution in [0, 0.1) is 11.3 Å². The third-order valence-corrected chi connectivity index (χ3v) is 3.14. The van der Waals surface area contributed by atoms with Crippen LogP contribution in [0.1, 0.15) is 25.1 Å². The molecule has 1 aromatic heterocycles. The van der Waals surface area contributed by atoms with Crippen molar-refractivity contribution in [2.24, 2.45) is 11.7 Å². The van der Waals surface area contributed by atoms with Gasteiger partial charge in [0.05, 0.1) is 5.84 Å². The Bertz CT molecular complexity index is 306. The standard InChI is InChI=1S/C12H21N3S/c1-10(2)8-15(6-5-12(13)14)9-11-4-3-7-16-11/h3-4,7,10H,5-6,8-9H2,1-2H3,(H3,13,14). The Morgan fingerprint density at radius 3 is 2.81 bits per heavy atom. The van der Waals surface area contributed by atoms with Crippen LogP contribution in [-0.2, 0) is 6.54 Å². The summed E-state index contributed by atoms with van der Waals surface area (Å²) in [6.07, 6.45) is 0.665. The van der Waals surface area contributed by atoms with E-state index in [0.717, 1.165) is 19.6 Å². The maximum atomic E-state index is 7.27. The Morgan fingerprint density at radius 1 is 1.56 bits per heavy atom. The maximum Gasteiger partial charge on any atom is 0.0918 e. The summed E-state index contributed by atoms with van der Waals surface area (Å²) in [6, 6.07) is 4.24. The van der Waals surface area contributed by atoms with Crippen molar-refractivity contribution in [1.82, 2.24) is 4.90 Å². The SMILES string of the molecule is CC(C)CN(CCC(=N)N)Cc1cccs1. The molecule has 3 nitrogen and oxygen atoms in total. The van der Waals surface area contributed by atoms with E-state index in [1.807, 2.05) is 0 Å². The van der Waals surface area contributed by atoms with E-state index in [1.165, 1.54) is 4.88 Å². The summed E-state index contributed by atoms with van der Waals surface area (Å²) < 4.78 is 0. The summed E-state index contributed by atoms with van der Waals surface area (Å²) in [7, 11) is 0. The fraction of sp³-hybridized carbons (Fsp3) is 0.583. The van der Waals surface area contributed by atoms with E-state index < -0.39 is 0 Å². The zero-order valence-corrected chi connectivity index (χ0v) is 10.9. The van der Waals surface area contributed by atoms with Crippen molar-refractivity contribution >= 4 is 17.2 Å². The molecule has 0 aromatic carbocycles. The molecular formula is C12H21N3S. The number of nitrogens with two attached hydrogens (primary N) is 1. The summed E-state index contributed by atoms with van der Waals surface area (Å²) in [5, 5.41) is 9.38. The van der Waals surface area contributed by atoms with Crippen molar-refractivity contribution in [3.05, 3.63) is 22.4 Å². The minimum Gasteiger partial charge on any atom is -0.388 e. The molecule has 0 fully saturated rings. The van der Waals surface area contributed by atoms with Gasteiger partial charge in [0.2, 0.25) is 0 Å². The topological polar surface area (TPSA) is 53.1 Å². The van der Waals surface area contributed by atoms with Gasteiger partial charge >= 0.3 is 0 Å². The van der Waals surface area contributed by atoms with Gasteiger partial charge in [-0.05, 0) is 17.4 Å². The van der Waals surface area contributed by atoms with Crippen molar-refractivity contribution in [3.8, 4) is 0 Å². The summed E-state index contributed by atoms with van der Waals surface area (Å²) >= 11 is 1.79. The van der Waals surface area contributed by atoms with Crippen LogP contribution in [0.4, 0.5) is 0 Å². The van der Waals surface area contributed by atoms with Crippen LogP contribution in [0.5, 0.6) is 0 Å². The molecule has 0 saturated heterocycles. The Hall–Kier alpha value is -0.870. The molecule has 0 atom stereocenters. The highest BCUT2D eigenvalue weighted by atomic mass is 32.1. The third-order valence-electron chi connectivity index (χ3n) is 2.28. The average Bonchev–Trinajstić information content (AvgIpc) is 2.66. The van der Waals surface area contributed by atoms with Gasteiger partial charge < -0.3 is 5.73 Å². The average molecular weight is 239 g/mol. The molecule has 0 spiro atoms. The van der Waals surface area contributed by atoms with Crippen LogP contribution in [0.25, 0.3) is 0 Å². The molecule has 0 radical (unpaired) electrons. The second-order valence-corrected chi connectivity index (χ2v) is 5.52. The van der Waals surface area contributed by atoms with Crippen LogP contribution < -0.4 is 5.73 Å². The Kier molecular flexibility index (Phi) is 5.49. The van der Waals surface area contributed by atoms with E-state index in [2.05, 4.69) is 36.3 Å². The molecule has 1 rings (SSSR count). The van der Waals surface area contributed by atoms with Crippen molar-refractivity contribution in [2.75, 3.05) is 13.1 Å². The lowest BCUT2D eigenvalue weighted by molar-refractivity contribution is 0.244. The third kappa shape index (κ3) is 5.28. The van der Waals surface area contributed by atoms with Gasteiger partial charge in [-0.3, -0.25) is 10.3 Å². The molecule has 1 aromatic rings. The minimum atomic E-state index is 0.278. The highest BCUT2D eigenvalue weighted by Crippen LogP contribution is 2.13. The van der Waals surface area contributed by atoms with E-state index in [0.29, 0.717) is 12.3 Å². The number of rotatable bonds is 7. The number of hydrogen-bond donors (Lipinski definition) is 2. The summed E-state index contributed by atoms with van der Waals surface area (Å²) in [4.78, 5) is 3.75. The smallest absolute Gasteiger partial charge is 0.0918 e. The second-order valence-electron chi connectivity index (χ2n) is 4.48. The van der Waals surface area contributed by atoms with Crippen LogP contribution in [-0.4, -0.2) is 23.8 Å². The predicted octanol–water partition coefficient (Wildman–Crippen LogP) is 2.53. The molecule has 0 aliphatic heterocycles. The van der Waals surface area contributed by atoms with Gasteiger partial charge in [-0.25, -0.2) is 0 Å². The van der Waals surface area contributed by atoms with Gasteiger partial charge in [-0.15, -0.1) is 11.3 Å². The Morgan fingerprint density at radius 2 is 2.31 bits per heavy atom. The summed E-state index contributed by atoms with van der Waals surface area (Å²) in [6.45, 7) is 7.35. The van der Waals surface area contributed by atoms with E-state index in [9.17, 15) is 0 Å². The van der Waals surface area contributed by atoms with E-state index in [4.69, 9.17) is 11.1 Å². The Labute approximate surface area is 102 Å². The first-order valence-corrected chi connectivity index (χ1v) is 6.53. The highest BCUT2D eigenvalue weighted by molar-refractivity contribution is 7.09. The molecule has 0 bridgehead atoms. The molecule has 0 saturated carbocycles. The zero-order valence-electron chi connectivity index (χ0n) is 10.1. The predicted molar refractivity (Wildman–Crippen MR) is 71.0 cm³/mol. The largest absolute Gasteiger partial charge is 0.388 e. The summed E-state index contributed by atoms with van der Waals surface area (Å²) in [5.74, 6) is 0.923. The number of amidine groups is 1. The first-order chi connectivity index (χ1) is 7.58. The lowest BCUT2D eigenvalue weighted by atomic mass is 10.2. The minimum absolute atomic E-state index is 0.278. The van der Waals surface area contributed by atoms with Crippen LogP contribution in [0.2, 0.25) is 0 Å². The van der Waals surface area contributed by atoms with E-state index in [-0.39, 0.29) is 5.84 Å². The van der Waals surface area contributed by atoms with Crippen molar-refractivity contribution < 1.29 is 0 Å². The first kappa shape index (κ1) is 13.2. The molecule has 3 N–H and O–H groups in total. The van der Waals surface area contributed by atoms with Crippen LogP contribution in [0.15, 0.2) is 17.5 Å². The molecule has 4 heteroatoms. The van der Waals surface area contributed by atoms with E-state index >= 15 is 0 Å². The second kappa shape index (κ2) is 6.66. The molecule has 0 unspecified atom stereocenters. The van der Waals surface area contributed by atoms with Gasteiger partial charge in [-0.2, -0.15) is 0 Å². The lowest BCUT2D eigenvalue weighted by Crippen LogP contribution is -2.30. The molecule has 0 aliphatic rings.